The Hall–Kier alpha value is -1.81. The van der Waals surface area contributed by atoms with E-state index in [1.165, 1.54) is 49.4 Å². The second-order valence-corrected chi connectivity index (χ2v) is 6.41. The van der Waals surface area contributed by atoms with Gasteiger partial charge in [0.1, 0.15) is 6.04 Å². The Labute approximate surface area is 137 Å². The predicted molar refractivity (Wildman–Crippen MR) is 92.4 cm³/mol. The molecule has 23 heavy (non-hydrogen) atoms. The van der Waals surface area contributed by atoms with Crippen LogP contribution in [-0.2, 0) is 16.0 Å². The van der Waals surface area contributed by atoms with Gasteiger partial charge in [0, 0.05) is 29.1 Å². The molecule has 1 aliphatic rings. The van der Waals surface area contributed by atoms with Crippen LogP contribution >= 0.6 is 0 Å². The number of nitrogens with one attached hydrogen (secondary N) is 2. The number of carbonyl (C=O) groups is 1. The van der Waals surface area contributed by atoms with Crippen LogP contribution in [0.1, 0.15) is 56.3 Å². The highest BCUT2D eigenvalue weighted by atomic mass is 16.5. The van der Waals surface area contributed by atoms with Crippen molar-refractivity contribution in [2.24, 2.45) is 0 Å². The van der Waals surface area contributed by atoms with Gasteiger partial charge < -0.3 is 9.72 Å². The number of esters is 1. The Morgan fingerprint density at radius 3 is 2.87 bits per heavy atom. The summed E-state index contributed by atoms with van der Waals surface area (Å²) < 4.78 is 4.97. The summed E-state index contributed by atoms with van der Waals surface area (Å²) in [5, 5.41) is 4.73. The number of carbonyl (C=O) groups excluding carboxylic acids is 1. The monoisotopic (exact) mass is 314 g/mol. The fraction of sp³-hybridized carbons (Fsp3) is 0.526. The SMILES string of the molecule is CCCCCC[C@@H]1N[C@H](C(=O)OC)Cc2c1[nH]c1ccccc21. The van der Waals surface area contributed by atoms with Crippen LogP contribution in [0.2, 0.25) is 0 Å². The van der Waals surface area contributed by atoms with Gasteiger partial charge in [-0.05, 0) is 18.1 Å². The van der Waals surface area contributed by atoms with Crippen molar-refractivity contribution >= 4 is 16.9 Å². The summed E-state index contributed by atoms with van der Waals surface area (Å²) >= 11 is 0. The zero-order chi connectivity index (χ0) is 16.2. The number of methoxy groups -OCH3 is 1. The molecule has 0 saturated carbocycles. The highest BCUT2D eigenvalue weighted by Gasteiger charge is 2.33. The fourth-order valence-corrected chi connectivity index (χ4v) is 3.62. The topological polar surface area (TPSA) is 54.1 Å². The maximum absolute atomic E-state index is 12.1. The summed E-state index contributed by atoms with van der Waals surface area (Å²) in [6, 6.07) is 8.30. The van der Waals surface area contributed by atoms with Gasteiger partial charge in [0.05, 0.1) is 7.11 Å². The third-order valence-corrected chi connectivity index (χ3v) is 4.84. The van der Waals surface area contributed by atoms with Gasteiger partial charge in [0.25, 0.3) is 0 Å². The van der Waals surface area contributed by atoms with E-state index < -0.39 is 0 Å². The summed E-state index contributed by atoms with van der Waals surface area (Å²) in [5.41, 5.74) is 3.68. The first-order valence-corrected chi connectivity index (χ1v) is 8.68. The van der Waals surface area contributed by atoms with Crippen molar-refractivity contribution in [1.29, 1.82) is 0 Å². The molecule has 4 heteroatoms. The zero-order valence-corrected chi connectivity index (χ0v) is 14.0. The van der Waals surface area contributed by atoms with Crippen LogP contribution in [0.4, 0.5) is 0 Å². The van der Waals surface area contributed by atoms with Crippen molar-refractivity contribution in [3.05, 3.63) is 35.5 Å². The molecule has 0 aliphatic carbocycles. The Morgan fingerprint density at radius 1 is 1.26 bits per heavy atom. The second kappa shape index (κ2) is 7.18. The van der Waals surface area contributed by atoms with Gasteiger partial charge in [-0.15, -0.1) is 0 Å². The molecular formula is C19H26N2O2. The van der Waals surface area contributed by atoms with E-state index in [1.807, 2.05) is 6.07 Å². The minimum absolute atomic E-state index is 0.167. The van der Waals surface area contributed by atoms with E-state index in [1.54, 1.807) is 0 Å². The minimum atomic E-state index is -0.247. The third-order valence-electron chi connectivity index (χ3n) is 4.84. The van der Waals surface area contributed by atoms with Crippen LogP contribution in [0, 0.1) is 0 Å². The number of H-pyrrole nitrogens is 1. The first kappa shape index (κ1) is 16.1. The first-order valence-electron chi connectivity index (χ1n) is 8.68. The van der Waals surface area contributed by atoms with Gasteiger partial charge in [-0.2, -0.15) is 0 Å². The lowest BCUT2D eigenvalue weighted by Gasteiger charge is -2.30. The standard InChI is InChI=1S/C19H26N2O2/c1-3-4-5-6-11-16-18-14(12-17(20-16)19(22)23-2)13-9-7-8-10-15(13)21-18/h7-10,16-17,20-21H,3-6,11-12H2,1-2H3/t16-,17-/m0/s1. The lowest BCUT2D eigenvalue weighted by atomic mass is 9.91. The van der Waals surface area contributed by atoms with Gasteiger partial charge in [-0.25, -0.2) is 0 Å². The van der Waals surface area contributed by atoms with Crippen LogP contribution in [-0.4, -0.2) is 24.1 Å². The van der Waals surface area contributed by atoms with Gasteiger partial charge in [-0.3, -0.25) is 10.1 Å². The lowest BCUT2D eigenvalue weighted by Crippen LogP contribution is -2.45. The quantitative estimate of drug-likeness (QED) is 0.628. The van der Waals surface area contributed by atoms with E-state index in [-0.39, 0.29) is 18.1 Å². The van der Waals surface area contributed by atoms with Crippen molar-refractivity contribution in [1.82, 2.24) is 10.3 Å². The number of hydrogen-bond donors (Lipinski definition) is 2. The summed E-state index contributed by atoms with van der Waals surface area (Å²) in [6.45, 7) is 2.22. The van der Waals surface area contributed by atoms with E-state index >= 15 is 0 Å². The number of unbranched alkanes of at least 4 members (excludes halogenated alkanes) is 3. The van der Waals surface area contributed by atoms with Crippen LogP contribution in [0.15, 0.2) is 24.3 Å². The number of hydrogen-bond acceptors (Lipinski definition) is 3. The normalized spacial score (nSPS) is 20.4. The molecule has 124 valence electrons. The molecule has 0 amide bonds. The molecule has 1 aromatic heterocycles. The Morgan fingerprint density at radius 2 is 2.09 bits per heavy atom. The number of rotatable bonds is 6. The zero-order valence-electron chi connectivity index (χ0n) is 14.0. The van der Waals surface area contributed by atoms with Crippen molar-refractivity contribution in [3.8, 4) is 0 Å². The number of ether oxygens (including phenoxy) is 1. The molecule has 0 bridgehead atoms. The van der Waals surface area contributed by atoms with Crippen molar-refractivity contribution < 1.29 is 9.53 Å². The van der Waals surface area contributed by atoms with E-state index in [0.29, 0.717) is 6.42 Å². The smallest absolute Gasteiger partial charge is 0.323 e. The molecule has 0 spiro atoms. The van der Waals surface area contributed by atoms with Gasteiger partial charge in [0.15, 0.2) is 0 Å². The van der Waals surface area contributed by atoms with Gasteiger partial charge >= 0.3 is 5.97 Å². The van der Waals surface area contributed by atoms with Crippen molar-refractivity contribution in [3.63, 3.8) is 0 Å². The average molecular weight is 314 g/mol. The summed E-state index contributed by atoms with van der Waals surface area (Å²) in [4.78, 5) is 15.6. The Balaban J connectivity index is 1.88. The molecule has 0 unspecified atom stereocenters. The number of fused-ring (bicyclic) bond motifs is 3. The summed E-state index contributed by atoms with van der Waals surface area (Å²) in [5.74, 6) is -0.167. The lowest BCUT2D eigenvalue weighted by molar-refractivity contribution is -0.143. The van der Waals surface area contributed by atoms with E-state index in [9.17, 15) is 4.79 Å². The van der Waals surface area contributed by atoms with E-state index in [2.05, 4.69) is 35.4 Å². The molecule has 0 radical (unpaired) electrons. The molecule has 2 aromatic rings. The molecular weight excluding hydrogens is 288 g/mol. The second-order valence-electron chi connectivity index (χ2n) is 6.41. The molecule has 2 atom stereocenters. The highest BCUT2D eigenvalue weighted by molar-refractivity contribution is 5.87. The molecule has 0 saturated heterocycles. The number of para-hydroxylation sites is 1. The molecule has 2 N–H and O–H groups in total. The van der Waals surface area contributed by atoms with Gasteiger partial charge in [0.2, 0.25) is 0 Å². The van der Waals surface area contributed by atoms with Crippen LogP contribution < -0.4 is 5.32 Å². The minimum Gasteiger partial charge on any atom is -0.468 e. The molecule has 4 nitrogen and oxygen atoms in total. The molecule has 1 aromatic carbocycles. The molecule has 0 fully saturated rings. The maximum Gasteiger partial charge on any atom is 0.323 e. The number of aromatic amines is 1. The first-order chi connectivity index (χ1) is 11.2. The summed E-state index contributed by atoms with van der Waals surface area (Å²) in [6.07, 6.45) is 6.67. The van der Waals surface area contributed by atoms with Gasteiger partial charge in [-0.1, -0.05) is 50.8 Å². The van der Waals surface area contributed by atoms with Crippen LogP contribution in [0.25, 0.3) is 10.9 Å². The van der Waals surface area contributed by atoms with Crippen molar-refractivity contribution in [2.45, 2.75) is 57.5 Å². The molecule has 3 rings (SSSR count). The largest absolute Gasteiger partial charge is 0.468 e. The molecule has 2 heterocycles. The van der Waals surface area contributed by atoms with Crippen LogP contribution in [0.5, 0.6) is 0 Å². The third kappa shape index (κ3) is 3.27. The maximum atomic E-state index is 12.1. The van der Waals surface area contributed by atoms with E-state index in [4.69, 9.17) is 4.74 Å². The number of benzene rings is 1. The Kier molecular flexibility index (Phi) is 5.01. The number of aromatic nitrogens is 1. The van der Waals surface area contributed by atoms with Crippen molar-refractivity contribution in [2.75, 3.05) is 7.11 Å². The predicted octanol–water partition coefficient (Wildman–Crippen LogP) is 3.87. The highest BCUT2D eigenvalue weighted by Crippen LogP contribution is 2.34. The summed E-state index contributed by atoms with van der Waals surface area (Å²) in [7, 11) is 1.46. The van der Waals surface area contributed by atoms with E-state index in [0.717, 1.165) is 11.9 Å². The fourth-order valence-electron chi connectivity index (χ4n) is 3.62. The average Bonchev–Trinajstić information content (AvgIpc) is 2.96. The Bertz CT molecular complexity index is 677. The van der Waals surface area contributed by atoms with Crippen LogP contribution in [0.3, 0.4) is 0 Å². The molecule has 1 aliphatic heterocycles.